The zero-order valence-corrected chi connectivity index (χ0v) is 9.43. The van der Waals surface area contributed by atoms with Crippen molar-refractivity contribution >= 4 is 11.6 Å². The third-order valence-electron chi connectivity index (χ3n) is 2.83. The first-order chi connectivity index (χ1) is 7.54. The van der Waals surface area contributed by atoms with Crippen LogP contribution in [0.5, 0.6) is 0 Å². The molecule has 1 saturated heterocycles. The van der Waals surface area contributed by atoms with Crippen molar-refractivity contribution < 1.29 is 9.53 Å². The molecule has 1 aliphatic rings. The van der Waals surface area contributed by atoms with Gasteiger partial charge in [-0.05, 0) is 19.1 Å². The van der Waals surface area contributed by atoms with E-state index in [4.69, 9.17) is 10.5 Å². The third kappa shape index (κ3) is 1.86. The third-order valence-corrected chi connectivity index (χ3v) is 2.83. The van der Waals surface area contributed by atoms with Crippen molar-refractivity contribution in [1.29, 1.82) is 0 Å². The number of hydrogen-bond acceptors (Lipinski definition) is 4. The van der Waals surface area contributed by atoms with Gasteiger partial charge in [-0.2, -0.15) is 0 Å². The van der Waals surface area contributed by atoms with Crippen molar-refractivity contribution in [3.63, 3.8) is 0 Å². The molecule has 0 atom stereocenters. The maximum Gasteiger partial charge on any atom is 0.272 e. The van der Waals surface area contributed by atoms with Gasteiger partial charge < -0.3 is 15.4 Å². The normalized spacial score (nSPS) is 18.0. The molecule has 1 aromatic heterocycles. The van der Waals surface area contributed by atoms with Crippen molar-refractivity contribution in [3.05, 3.63) is 24.0 Å². The molecular formula is C11H15N3O2. The fourth-order valence-electron chi connectivity index (χ4n) is 1.76. The number of anilines is 1. The van der Waals surface area contributed by atoms with Gasteiger partial charge in [0.2, 0.25) is 0 Å². The predicted octanol–water partition coefficient (Wildman–Crippen LogP) is 0.525. The van der Waals surface area contributed by atoms with Crippen molar-refractivity contribution in [3.8, 4) is 0 Å². The minimum Gasteiger partial charge on any atom is -0.399 e. The van der Waals surface area contributed by atoms with E-state index < -0.39 is 0 Å². The highest BCUT2D eigenvalue weighted by Crippen LogP contribution is 2.25. The molecule has 2 N–H and O–H groups in total. The van der Waals surface area contributed by atoms with Crippen molar-refractivity contribution in [2.75, 3.05) is 25.9 Å². The van der Waals surface area contributed by atoms with E-state index in [9.17, 15) is 4.79 Å². The van der Waals surface area contributed by atoms with Crippen LogP contribution in [0.25, 0.3) is 0 Å². The molecule has 16 heavy (non-hydrogen) atoms. The van der Waals surface area contributed by atoms with Crippen LogP contribution in [0, 0.1) is 0 Å². The van der Waals surface area contributed by atoms with Gasteiger partial charge in [-0.15, -0.1) is 0 Å². The number of nitrogens with two attached hydrogens (primary N) is 1. The molecule has 2 heterocycles. The van der Waals surface area contributed by atoms with Crippen LogP contribution in [0.15, 0.2) is 18.3 Å². The summed E-state index contributed by atoms with van der Waals surface area (Å²) in [6, 6.07) is 3.25. The first-order valence-electron chi connectivity index (χ1n) is 5.10. The Labute approximate surface area is 94.2 Å². The summed E-state index contributed by atoms with van der Waals surface area (Å²) in [6.45, 7) is 3.17. The number of nitrogens with zero attached hydrogens (tertiary/aromatic N) is 2. The van der Waals surface area contributed by atoms with E-state index in [0.29, 0.717) is 24.5 Å². The summed E-state index contributed by atoms with van der Waals surface area (Å²) in [4.78, 5) is 17.6. The summed E-state index contributed by atoms with van der Waals surface area (Å²) in [5.74, 6) is -0.0955. The smallest absolute Gasteiger partial charge is 0.272 e. The van der Waals surface area contributed by atoms with E-state index in [1.165, 1.54) is 6.20 Å². The van der Waals surface area contributed by atoms with Crippen LogP contribution in [0.2, 0.25) is 0 Å². The van der Waals surface area contributed by atoms with Gasteiger partial charge in [-0.25, -0.2) is 0 Å². The second kappa shape index (κ2) is 3.75. The SMILES string of the molecule is COC1(C)CN(C(=O)c2cc(N)ccn2)C1. The molecule has 0 unspecified atom stereocenters. The second-order valence-corrected chi connectivity index (χ2v) is 4.29. The minimum absolute atomic E-state index is 0.0955. The lowest BCUT2D eigenvalue weighted by molar-refractivity contribution is -0.0949. The van der Waals surface area contributed by atoms with Gasteiger partial charge in [0.05, 0.1) is 13.1 Å². The Kier molecular flexibility index (Phi) is 2.55. The van der Waals surface area contributed by atoms with Crippen LogP contribution < -0.4 is 5.73 Å². The van der Waals surface area contributed by atoms with Crippen molar-refractivity contribution in [2.24, 2.45) is 0 Å². The van der Waals surface area contributed by atoms with Crippen LogP contribution in [0.4, 0.5) is 5.69 Å². The number of likely N-dealkylation sites (tertiary alicyclic amines) is 1. The summed E-state index contributed by atoms with van der Waals surface area (Å²) in [7, 11) is 1.65. The quantitative estimate of drug-likeness (QED) is 0.790. The number of carbonyl (C=O) groups excluding carboxylic acids is 1. The highest BCUT2D eigenvalue weighted by Gasteiger charge is 2.41. The van der Waals surface area contributed by atoms with Crippen LogP contribution >= 0.6 is 0 Å². The van der Waals surface area contributed by atoms with Gasteiger partial charge in [-0.1, -0.05) is 0 Å². The number of hydrogen-bond donors (Lipinski definition) is 1. The summed E-state index contributed by atoms with van der Waals surface area (Å²) < 4.78 is 5.27. The molecule has 0 spiro atoms. The lowest BCUT2D eigenvalue weighted by atomic mass is 9.96. The Morgan fingerprint density at radius 3 is 2.88 bits per heavy atom. The number of methoxy groups -OCH3 is 1. The summed E-state index contributed by atoms with van der Waals surface area (Å²) in [5.41, 5.74) is 6.32. The Balaban J connectivity index is 2.06. The molecule has 5 nitrogen and oxygen atoms in total. The van der Waals surface area contributed by atoms with E-state index >= 15 is 0 Å². The first kappa shape index (κ1) is 10.9. The molecule has 0 saturated carbocycles. The minimum atomic E-state index is -0.212. The number of nitrogen functional groups attached to an aromatic ring is 1. The fraction of sp³-hybridized carbons (Fsp3) is 0.455. The molecule has 0 aliphatic carbocycles. The average Bonchev–Trinajstić information content (AvgIpc) is 2.24. The Morgan fingerprint density at radius 2 is 2.31 bits per heavy atom. The number of amides is 1. The van der Waals surface area contributed by atoms with Gasteiger partial charge >= 0.3 is 0 Å². The van der Waals surface area contributed by atoms with Crippen LogP contribution in [-0.2, 0) is 4.74 Å². The molecule has 0 bridgehead atoms. The molecule has 2 rings (SSSR count). The van der Waals surface area contributed by atoms with E-state index in [0.717, 1.165) is 0 Å². The first-order valence-corrected chi connectivity index (χ1v) is 5.10. The summed E-state index contributed by atoms with van der Waals surface area (Å²) >= 11 is 0. The molecule has 0 aromatic carbocycles. The molecule has 1 aromatic rings. The Hall–Kier alpha value is -1.62. The van der Waals surface area contributed by atoms with Gasteiger partial charge in [0.25, 0.3) is 5.91 Å². The highest BCUT2D eigenvalue weighted by molar-refractivity contribution is 5.93. The molecule has 1 fully saturated rings. The van der Waals surface area contributed by atoms with Gasteiger partial charge in [-0.3, -0.25) is 9.78 Å². The fourth-order valence-corrected chi connectivity index (χ4v) is 1.76. The second-order valence-electron chi connectivity index (χ2n) is 4.29. The lowest BCUT2D eigenvalue weighted by Gasteiger charge is -2.46. The predicted molar refractivity (Wildman–Crippen MR) is 60.0 cm³/mol. The number of pyridine rings is 1. The van der Waals surface area contributed by atoms with Crippen LogP contribution in [0.1, 0.15) is 17.4 Å². The highest BCUT2D eigenvalue weighted by atomic mass is 16.5. The molecule has 1 aliphatic heterocycles. The largest absolute Gasteiger partial charge is 0.399 e. The summed E-state index contributed by atoms with van der Waals surface area (Å²) in [5, 5.41) is 0. The van der Waals surface area contributed by atoms with Crippen molar-refractivity contribution in [1.82, 2.24) is 9.88 Å². The Bertz CT molecular complexity index is 413. The van der Waals surface area contributed by atoms with Crippen molar-refractivity contribution in [2.45, 2.75) is 12.5 Å². The van der Waals surface area contributed by atoms with Crippen LogP contribution in [0.3, 0.4) is 0 Å². The van der Waals surface area contributed by atoms with E-state index in [-0.39, 0.29) is 11.5 Å². The number of carbonyl (C=O) groups is 1. The Morgan fingerprint density at radius 1 is 1.62 bits per heavy atom. The number of ether oxygens (including phenoxy) is 1. The maximum absolute atomic E-state index is 11.9. The van der Waals surface area contributed by atoms with Gasteiger partial charge in [0, 0.05) is 19.0 Å². The topological polar surface area (TPSA) is 68.5 Å². The van der Waals surface area contributed by atoms with Gasteiger partial charge in [0.15, 0.2) is 0 Å². The van der Waals surface area contributed by atoms with E-state index in [1.54, 1.807) is 24.1 Å². The average molecular weight is 221 g/mol. The molecule has 0 radical (unpaired) electrons. The zero-order chi connectivity index (χ0) is 11.8. The molecule has 1 amide bonds. The van der Waals surface area contributed by atoms with E-state index in [2.05, 4.69) is 4.98 Å². The number of rotatable bonds is 2. The van der Waals surface area contributed by atoms with E-state index in [1.807, 2.05) is 6.92 Å². The molecule has 86 valence electrons. The number of aromatic nitrogens is 1. The summed E-state index contributed by atoms with van der Waals surface area (Å²) in [6.07, 6.45) is 1.54. The van der Waals surface area contributed by atoms with Gasteiger partial charge in [0.1, 0.15) is 11.3 Å². The molecular weight excluding hydrogens is 206 g/mol. The standard InChI is InChI=1S/C11H15N3O2/c1-11(16-2)6-14(7-11)10(15)9-5-8(12)3-4-13-9/h3-5H,6-7H2,1-2H3,(H2,12,13). The monoisotopic (exact) mass is 221 g/mol. The maximum atomic E-state index is 11.9. The van der Waals surface area contributed by atoms with Crippen LogP contribution in [-0.4, -0.2) is 41.6 Å². The lowest BCUT2D eigenvalue weighted by Crippen LogP contribution is -2.62. The zero-order valence-electron chi connectivity index (χ0n) is 9.43. The molecule has 5 heteroatoms.